The number of para-hydroxylation sites is 2. The van der Waals surface area contributed by atoms with Crippen molar-refractivity contribution in [2.24, 2.45) is 0 Å². The Balaban J connectivity index is 1.48. The number of fused-ring (bicyclic) bond motifs is 1. The van der Waals surface area contributed by atoms with E-state index in [1.165, 1.54) is 31.4 Å². The largest absolute Gasteiger partial charge is 0.486 e. The van der Waals surface area contributed by atoms with Gasteiger partial charge in [0.25, 0.3) is 0 Å². The summed E-state index contributed by atoms with van der Waals surface area (Å²) in [4.78, 5) is 35.3. The standard InChI is InChI=1S/C19H18N2O6/c1-25-19(24)12-6-8-13(9-7-12)21-18(23)17(22)20-10-14-11-26-15-4-2-3-5-16(15)27-14/h2-9,14H,10-11H2,1H3,(H,20,22)(H,21,23). The second-order valence-electron chi connectivity index (χ2n) is 5.73. The molecule has 0 aromatic heterocycles. The van der Waals surface area contributed by atoms with Crippen LogP contribution in [0.4, 0.5) is 5.69 Å². The first-order chi connectivity index (χ1) is 13.1. The van der Waals surface area contributed by atoms with Crippen LogP contribution in [0.15, 0.2) is 48.5 Å². The highest BCUT2D eigenvalue weighted by Gasteiger charge is 2.22. The van der Waals surface area contributed by atoms with Gasteiger partial charge in [-0.2, -0.15) is 0 Å². The zero-order valence-corrected chi connectivity index (χ0v) is 14.6. The molecule has 0 saturated carbocycles. The maximum absolute atomic E-state index is 12.0. The fourth-order valence-electron chi connectivity index (χ4n) is 2.45. The first-order valence-electron chi connectivity index (χ1n) is 8.23. The van der Waals surface area contributed by atoms with Gasteiger partial charge in [0, 0.05) is 5.69 Å². The minimum absolute atomic E-state index is 0.127. The van der Waals surface area contributed by atoms with E-state index in [-0.39, 0.29) is 13.2 Å². The second kappa shape index (κ2) is 8.22. The van der Waals surface area contributed by atoms with Crippen LogP contribution in [-0.2, 0) is 14.3 Å². The first kappa shape index (κ1) is 18.2. The number of ether oxygens (including phenoxy) is 3. The van der Waals surface area contributed by atoms with Crippen LogP contribution in [0.5, 0.6) is 11.5 Å². The highest BCUT2D eigenvalue weighted by molar-refractivity contribution is 6.39. The molecule has 1 aliphatic heterocycles. The molecule has 8 nitrogen and oxygen atoms in total. The molecule has 3 rings (SSSR count). The molecular formula is C19H18N2O6. The number of anilines is 1. The summed E-state index contributed by atoms with van der Waals surface area (Å²) in [7, 11) is 1.28. The molecule has 2 amide bonds. The number of amides is 2. The lowest BCUT2D eigenvalue weighted by Crippen LogP contribution is -2.44. The molecule has 1 atom stereocenters. The lowest BCUT2D eigenvalue weighted by atomic mass is 10.2. The van der Waals surface area contributed by atoms with Crippen molar-refractivity contribution in [1.29, 1.82) is 0 Å². The van der Waals surface area contributed by atoms with Gasteiger partial charge in [-0.25, -0.2) is 4.79 Å². The number of hydrogen-bond acceptors (Lipinski definition) is 6. The Morgan fingerprint density at radius 2 is 1.74 bits per heavy atom. The van der Waals surface area contributed by atoms with E-state index in [1.54, 1.807) is 12.1 Å². The van der Waals surface area contributed by atoms with Crippen molar-refractivity contribution in [1.82, 2.24) is 5.32 Å². The molecule has 0 aliphatic carbocycles. The Kier molecular flexibility index (Phi) is 5.55. The summed E-state index contributed by atoms with van der Waals surface area (Å²) in [6, 6.07) is 13.2. The molecule has 8 heteroatoms. The van der Waals surface area contributed by atoms with Gasteiger partial charge in [-0.1, -0.05) is 12.1 Å². The molecule has 0 saturated heterocycles. The number of carbonyl (C=O) groups excluding carboxylic acids is 3. The third-order valence-corrected chi connectivity index (χ3v) is 3.83. The molecule has 1 unspecified atom stereocenters. The zero-order chi connectivity index (χ0) is 19.2. The van der Waals surface area contributed by atoms with Crippen LogP contribution in [0.2, 0.25) is 0 Å². The van der Waals surface area contributed by atoms with Gasteiger partial charge >= 0.3 is 17.8 Å². The molecule has 140 valence electrons. The van der Waals surface area contributed by atoms with E-state index in [9.17, 15) is 14.4 Å². The molecular weight excluding hydrogens is 352 g/mol. The topological polar surface area (TPSA) is 103 Å². The Hall–Kier alpha value is -3.55. The van der Waals surface area contributed by atoms with Crippen molar-refractivity contribution >= 4 is 23.5 Å². The van der Waals surface area contributed by atoms with Crippen molar-refractivity contribution < 1.29 is 28.6 Å². The van der Waals surface area contributed by atoms with Crippen molar-refractivity contribution in [2.75, 3.05) is 25.6 Å². The number of methoxy groups -OCH3 is 1. The van der Waals surface area contributed by atoms with Gasteiger partial charge in [0.05, 0.1) is 19.2 Å². The van der Waals surface area contributed by atoms with E-state index < -0.39 is 23.9 Å². The third-order valence-electron chi connectivity index (χ3n) is 3.83. The van der Waals surface area contributed by atoms with Crippen LogP contribution in [0.3, 0.4) is 0 Å². The summed E-state index contributed by atoms with van der Waals surface area (Å²) in [5, 5.41) is 4.97. The van der Waals surface area contributed by atoms with Crippen LogP contribution in [0, 0.1) is 0 Å². The maximum Gasteiger partial charge on any atom is 0.337 e. The van der Waals surface area contributed by atoms with Gasteiger partial charge in [-0.15, -0.1) is 0 Å². The molecule has 0 bridgehead atoms. The van der Waals surface area contributed by atoms with Crippen LogP contribution < -0.4 is 20.1 Å². The Bertz CT molecular complexity index is 850. The average Bonchev–Trinajstić information content (AvgIpc) is 2.71. The Morgan fingerprint density at radius 3 is 2.44 bits per heavy atom. The summed E-state index contributed by atoms with van der Waals surface area (Å²) >= 11 is 0. The number of hydrogen-bond donors (Lipinski definition) is 2. The molecule has 27 heavy (non-hydrogen) atoms. The van der Waals surface area contributed by atoms with E-state index in [4.69, 9.17) is 9.47 Å². The summed E-state index contributed by atoms with van der Waals surface area (Å²) in [5.41, 5.74) is 0.726. The van der Waals surface area contributed by atoms with E-state index in [0.717, 1.165) is 0 Å². The van der Waals surface area contributed by atoms with Crippen LogP contribution >= 0.6 is 0 Å². The highest BCUT2D eigenvalue weighted by Crippen LogP contribution is 2.30. The maximum atomic E-state index is 12.0. The smallest absolute Gasteiger partial charge is 0.337 e. The van der Waals surface area contributed by atoms with Gasteiger partial charge in [0.2, 0.25) is 0 Å². The van der Waals surface area contributed by atoms with Gasteiger partial charge in [0.1, 0.15) is 12.7 Å². The number of esters is 1. The minimum atomic E-state index is -0.821. The van der Waals surface area contributed by atoms with E-state index in [2.05, 4.69) is 15.4 Å². The molecule has 2 N–H and O–H groups in total. The van der Waals surface area contributed by atoms with Crippen LogP contribution in [0.1, 0.15) is 10.4 Å². The SMILES string of the molecule is COC(=O)c1ccc(NC(=O)C(=O)NCC2COc3ccccc3O2)cc1. The molecule has 0 fully saturated rings. The summed E-state index contributed by atoms with van der Waals surface area (Å²) in [6.07, 6.45) is -0.393. The fraction of sp³-hybridized carbons (Fsp3) is 0.211. The molecule has 2 aromatic carbocycles. The molecule has 1 heterocycles. The lowest BCUT2D eigenvalue weighted by molar-refractivity contribution is -0.136. The Labute approximate surface area is 155 Å². The third kappa shape index (κ3) is 4.55. The summed E-state index contributed by atoms with van der Waals surface area (Å²) in [6.45, 7) is 0.399. The molecule has 0 radical (unpaired) electrons. The van der Waals surface area contributed by atoms with Crippen LogP contribution in [-0.4, -0.2) is 44.1 Å². The molecule has 1 aliphatic rings. The number of benzene rings is 2. The monoisotopic (exact) mass is 370 g/mol. The van der Waals surface area contributed by atoms with Gasteiger partial charge in [-0.05, 0) is 36.4 Å². The summed E-state index contributed by atoms with van der Waals surface area (Å²) in [5.74, 6) is -0.860. The highest BCUT2D eigenvalue weighted by atomic mass is 16.6. The predicted octanol–water partition coefficient (Wildman–Crippen LogP) is 1.37. The lowest BCUT2D eigenvalue weighted by Gasteiger charge is -2.26. The molecule has 0 spiro atoms. The van der Waals surface area contributed by atoms with Gasteiger partial charge < -0.3 is 24.8 Å². The van der Waals surface area contributed by atoms with Crippen LogP contribution in [0.25, 0.3) is 0 Å². The van der Waals surface area contributed by atoms with Crippen molar-refractivity contribution in [2.45, 2.75) is 6.10 Å². The average molecular weight is 370 g/mol. The first-order valence-corrected chi connectivity index (χ1v) is 8.23. The fourth-order valence-corrected chi connectivity index (χ4v) is 2.45. The quantitative estimate of drug-likeness (QED) is 0.622. The minimum Gasteiger partial charge on any atom is -0.486 e. The van der Waals surface area contributed by atoms with Crippen molar-refractivity contribution in [3.05, 3.63) is 54.1 Å². The van der Waals surface area contributed by atoms with E-state index >= 15 is 0 Å². The van der Waals surface area contributed by atoms with E-state index in [1.807, 2.05) is 12.1 Å². The molecule has 2 aromatic rings. The number of nitrogens with one attached hydrogen (secondary N) is 2. The van der Waals surface area contributed by atoms with Crippen molar-refractivity contribution in [3.8, 4) is 11.5 Å². The number of carbonyl (C=O) groups is 3. The van der Waals surface area contributed by atoms with Crippen molar-refractivity contribution in [3.63, 3.8) is 0 Å². The number of rotatable bonds is 4. The Morgan fingerprint density at radius 1 is 1.04 bits per heavy atom. The predicted molar refractivity (Wildman–Crippen MR) is 95.8 cm³/mol. The zero-order valence-electron chi connectivity index (χ0n) is 14.6. The van der Waals surface area contributed by atoms with E-state index in [0.29, 0.717) is 22.7 Å². The normalized spacial score (nSPS) is 14.8. The van der Waals surface area contributed by atoms with Gasteiger partial charge in [0.15, 0.2) is 11.5 Å². The summed E-state index contributed by atoms with van der Waals surface area (Å²) < 4.78 is 15.9. The second-order valence-corrected chi connectivity index (χ2v) is 5.73. The van der Waals surface area contributed by atoms with Gasteiger partial charge in [-0.3, -0.25) is 9.59 Å².